The first-order valence-corrected chi connectivity index (χ1v) is 12.9. The van der Waals surface area contributed by atoms with E-state index < -0.39 is 12.0 Å². The summed E-state index contributed by atoms with van der Waals surface area (Å²) >= 11 is 1.46. The fraction of sp³-hybridized carbons (Fsp3) is 0.321. The summed E-state index contributed by atoms with van der Waals surface area (Å²) in [6, 6.07) is 17.2. The van der Waals surface area contributed by atoms with Gasteiger partial charge in [0.25, 0.3) is 0 Å². The number of hydrogen-bond acceptors (Lipinski definition) is 7. The van der Waals surface area contributed by atoms with E-state index in [1.807, 2.05) is 85.7 Å². The summed E-state index contributed by atoms with van der Waals surface area (Å²) in [7, 11) is 1.38. The molecule has 0 spiro atoms. The average Bonchev–Trinajstić information content (AvgIpc) is 3.28. The van der Waals surface area contributed by atoms with Crippen molar-refractivity contribution < 1.29 is 19.1 Å². The molecule has 0 aromatic heterocycles. The summed E-state index contributed by atoms with van der Waals surface area (Å²) in [5.41, 5.74) is 3.87. The molecule has 2 aromatic carbocycles. The molecule has 36 heavy (non-hydrogen) atoms. The van der Waals surface area contributed by atoms with Gasteiger partial charge in [-0.25, -0.2) is 9.79 Å². The van der Waals surface area contributed by atoms with Crippen LogP contribution in [0.4, 0.5) is 0 Å². The predicted octanol–water partition coefficient (Wildman–Crippen LogP) is 5.32. The largest absolute Gasteiger partial charge is 0.489 e. The van der Waals surface area contributed by atoms with E-state index >= 15 is 0 Å². The second-order valence-corrected chi connectivity index (χ2v) is 9.68. The molecule has 8 heteroatoms. The fourth-order valence-electron chi connectivity index (χ4n) is 4.28. The number of hydrogen-bond donors (Lipinski definition) is 1. The molecule has 0 bridgehead atoms. The highest BCUT2D eigenvalue weighted by molar-refractivity contribution is 8.16. The molecule has 2 heterocycles. The number of benzene rings is 2. The third kappa shape index (κ3) is 5.65. The third-order valence-electron chi connectivity index (χ3n) is 5.84. The minimum atomic E-state index is -0.492. The van der Waals surface area contributed by atoms with Gasteiger partial charge in [0.05, 0.1) is 30.8 Å². The first-order valence-electron chi connectivity index (χ1n) is 12.0. The number of methoxy groups -OCH3 is 1. The van der Waals surface area contributed by atoms with Gasteiger partial charge in [-0.2, -0.15) is 0 Å². The molecule has 0 unspecified atom stereocenters. The SMILES string of the molecule is CCC1=C(C(=O)OC)[C@H](c2cccc(OCc3ccccc3)c2)N2C(CC(=O)NC(C)C)=CSC2=N1. The van der Waals surface area contributed by atoms with Crippen molar-refractivity contribution in [1.29, 1.82) is 0 Å². The maximum Gasteiger partial charge on any atom is 0.338 e. The summed E-state index contributed by atoms with van der Waals surface area (Å²) < 4.78 is 11.3. The van der Waals surface area contributed by atoms with Crippen LogP contribution in [-0.2, 0) is 20.9 Å². The number of nitrogens with one attached hydrogen (secondary N) is 1. The maximum absolute atomic E-state index is 13.1. The number of carbonyl (C=O) groups is 2. The highest BCUT2D eigenvalue weighted by Crippen LogP contribution is 2.45. The first-order chi connectivity index (χ1) is 17.4. The van der Waals surface area contributed by atoms with Crippen LogP contribution in [0.1, 0.15) is 50.8 Å². The third-order valence-corrected chi connectivity index (χ3v) is 6.73. The van der Waals surface area contributed by atoms with E-state index in [1.54, 1.807) is 0 Å². The Morgan fingerprint density at radius 1 is 1.14 bits per heavy atom. The maximum atomic E-state index is 13.1. The van der Waals surface area contributed by atoms with Gasteiger partial charge < -0.3 is 19.7 Å². The Balaban J connectivity index is 1.70. The molecule has 0 saturated heterocycles. The minimum Gasteiger partial charge on any atom is -0.489 e. The highest BCUT2D eigenvalue weighted by Gasteiger charge is 2.41. The van der Waals surface area contributed by atoms with Crippen LogP contribution in [0.3, 0.4) is 0 Å². The highest BCUT2D eigenvalue weighted by atomic mass is 32.2. The molecule has 1 amide bonds. The number of carbonyl (C=O) groups excluding carboxylic acids is 2. The Morgan fingerprint density at radius 3 is 2.61 bits per heavy atom. The molecule has 188 valence electrons. The second kappa shape index (κ2) is 11.5. The summed E-state index contributed by atoms with van der Waals surface area (Å²) in [5, 5.41) is 5.63. The van der Waals surface area contributed by atoms with E-state index in [4.69, 9.17) is 14.5 Å². The zero-order chi connectivity index (χ0) is 25.7. The lowest BCUT2D eigenvalue weighted by Crippen LogP contribution is -2.38. The topological polar surface area (TPSA) is 80.2 Å². The fourth-order valence-corrected chi connectivity index (χ4v) is 5.22. The van der Waals surface area contributed by atoms with Crippen molar-refractivity contribution in [2.45, 2.75) is 52.3 Å². The standard InChI is InChI=1S/C28H31N3O4S/c1-5-23-25(27(33)34-4)26(31-21(17-36-28(31)30-23)15-24(32)29-18(2)3)20-12-9-13-22(14-20)35-16-19-10-7-6-8-11-19/h6-14,17-18,26H,5,15-16H2,1-4H3,(H,29,32)/t26-/m0/s1. The molecule has 2 aliphatic heterocycles. The zero-order valence-corrected chi connectivity index (χ0v) is 21.8. The number of allylic oxidation sites excluding steroid dienone is 1. The summed E-state index contributed by atoms with van der Waals surface area (Å²) in [6.45, 7) is 6.26. The van der Waals surface area contributed by atoms with Crippen LogP contribution < -0.4 is 10.1 Å². The molecule has 0 aliphatic carbocycles. The van der Waals surface area contributed by atoms with Gasteiger partial charge in [-0.15, -0.1) is 0 Å². The van der Waals surface area contributed by atoms with Gasteiger partial charge in [0.1, 0.15) is 12.4 Å². The lowest BCUT2D eigenvalue weighted by Gasteiger charge is -2.36. The number of nitrogens with zero attached hydrogens (tertiary/aromatic N) is 2. The van der Waals surface area contributed by atoms with Gasteiger partial charge in [0.15, 0.2) is 5.17 Å². The number of rotatable bonds is 9. The number of fused-ring (bicyclic) bond motifs is 1. The lowest BCUT2D eigenvalue weighted by molar-refractivity contribution is -0.136. The van der Waals surface area contributed by atoms with E-state index in [0.29, 0.717) is 30.0 Å². The van der Waals surface area contributed by atoms with Gasteiger partial charge in [-0.1, -0.05) is 61.2 Å². The van der Waals surface area contributed by atoms with E-state index in [1.165, 1.54) is 18.9 Å². The number of esters is 1. The molecule has 2 aliphatic rings. The Kier molecular flexibility index (Phi) is 8.15. The molecule has 1 N–H and O–H groups in total. The molecule has 0 radical (unpaired) electrons. The zero-order valence-electron chi connectivity index (χ0n) is 21.0. The van der Waals surface area contributed by atoms with Crippen molar-refractivity contribution in [1.82, 2.24) is 10.2 Å². The van der Waals surface area contributed by atoms with E-state index in [2.05, 4.69) is 5.32 Å². The van der Waals surface area contributed by atoms with Gasteiger partial charge in [-0.05, 0) is 48.9 Å². The van der Waals surface area contributed by atoms with Crippen LogP contribution in [0.15, 0.2) is 82.0 Å². The molecule has 7 nitrogen and oxygen atoms in total. The molecule has 0 saturated carbocycles. The summed E-state index contributed by atoms with van der Waals surface area (Å²) in [5.74, 6) is 0.178. The summed E-state index contributed by atoms with van der Waals surface area (Å²) in [6.07, 6.45) is 0.757. The monoisotopic (exact) mass is 505 g/mol. The smallest absolute Gasteiger partial charge is 0.338 e. The number of amides is 1. The lowest BCUT2D eigenvalue weighted by atomic mass is 9.92. The van der Waals surface area contributed by atoms with Gasteiger partial charge in [-0.3, -0.25) is 4.79 Å². The Hall–Kier alpha value is -3.52. The van der Waals surface area contributed by atoms with Crippen molar-refractivity contribution in [2.24, 2.45) is 4.99 Å². The molecular weight excluding hydrogens is 474 g/mol. The van der Waals surface area contributed by atoms with Crippen LogP contribution in [0.2, 0.25) is 0 Å². The van der Waals surface area contributed by atoms with Crippen molar-refractivity contribution >= 4 is 28.8 Å². The van der Waals surface area contributed by atoms with Crippen molar-refractivity contribution in [3.05, 3.63) is 88.1 Å². The number of aliphatic imine (C=N–C) groups is 1. The van der Waals surface area contributed by atoms with Crippen LogP contribution in [0.25, 0.3) is 0 Å². The predicted molar refractivity (Wildman–Crippen MR) is 142 cm³/mol. The van der Waals surface area contributed by atoms with Crippen LogP contribution in [-0.4, -0.2) is 35.1 Å². The Labute approximate surface area is 216 Å². The van der Waals surface area contributed by atoms with Crippen molar-refractivity contribution in [3.8, 4) is 5.75 Å². The average molecular weight is 506 g/mol. The van der Waals surface area contributed by atoms with Gasteiger partial charge in [0.2, 0.25) is 5.91 Å². The number of amidine groups is 1. The number of ether oxygens (including phenoxy) is 2. The summed E-state index contributed by atoms with van der Waals surface area (Å²) in [4.78, 5) is 32.5. The molecule has 2 aromatic rings. The van der Waals surface area contributed by atoms with Gasteiger partial charge in [0, 0.05) is 11.7 Å². The Bertz CT molecular complexity index is 1220. The van der Waals surface area contributed by atoms with Gasteiger partial charge >= 0.3 is 5.97 Å². The van der Waals surface area contributed by atoms with Crippen LogP contribution in [0.5, 0.6) is 5.75 Å². The number of thioether (sulfide) groups is 1. The second-order valence-electron chi connectivity index (χ2n) is 8.85. The van der Waals surface area contributed by atoms with Crippen LogP contribution >= 0.6 is 11.8 Å². The quantitative estimate of drug-likeness (QED) is 0.465. The van der Waals surface area contributed by atoms with E-state index in [-0.39, 0.29) is 18.4 Å². The molecular formula is C28H31N3O4S. The van der Waals surface area contributed by atoms with Crippen molar-refractivity contribution in [3.63, 3.8) is 0 Å². The molecule has 1 atom stereocenters. The Morgan fingerprint density at radius 2 is 1.92 bits per heavy atom. The minimum absolute atomic E-state index is 0.0353. The van der Waals surface area contributed by atoms with Crippen LogP contribution in [0, 0.1) is 0 Å². The first kappa shape index (κ1) is 25.6. The normalized spacial score (nSPS) is 16.9. The molecule has 0 fully saturated rings. The van der Waals surface area contributed by atoms with Crippen molar-refractivity contribution in [2.75, 3.05) is 7.11 Å². The van der Waals surface area contributed by atoms with E-state index in [9.17, 15) is 9.59 Å². The van der Waals surface area contributed by atoms with E-state index in [0.717, 1.165) is 22.0 Å². The molecule has 4 rings (SSSR count).